The van der Waals surface area contributed by atoms with Gasteiger partial charge in [0.15, 0.2) is 0 Å². The van der Waals surface area contributed by atoms with Gasteiger partial charge in [-0.25, -0.2) is 12.7 Å². The van der Waals surface area contributed by atoms with E-state index in [1.807, 2.05) is 19.0 Å². The van der Waals surface area contributed by atoms with Crippen molar-refractivity contribution >= 4 is 15.7 Å². The first-order valence-electron chi connectivity index (χ1n) is 6.88. The van der Waals surface area contributed by atoms with E-state index in [1.165, 1.54) is 4.31 Å². The first-order chi connectivity index (χ1) is 9.81. The third-order valence-corrected chi connectivity index (χ3v) is 4.86. The van der Waals surface area contributed by atoms with Gasteiger partial charge in [-0.05, 0) is 51.3 Å². The second kappa shape index (κ2) is 8.21. The lowest BCUT2D eigenvalue weighted by Crippen LogP contribution is -2.33. The molecule has 0 aliphatic rings. The van der Waals surface area contributed by atoms with E-state index in [2.05, 4.69) is 0 Å². The summed E-state index contributed by atoms with van der Waals surface area (Å²) in [5.74, 6) is 0.588. The molecule has 0 atom stereocenters. The fraction of sp³-hybridized carbons (Fsp3) is 0.571. The molecule has 120 valence electrons. The molecule has 7 heteroatoms. The fourth-order valence-corrected chi connectivity index (χ4v) is 2.75. The molecule has 0 spiro atoms. The van der Waals surface area contributed by atoms with Crippen LogP contribution in [0.2, 0.25) is 0 Å². The molecule has 0 aliphatic heterocycles. The summed E-state index contributed by atoms with van der Waals surface area (Å²) in [5.41, 5.74) is 6.22. The van der Waals surface area contributed by atoms with E-state index < -0.39 is 10.0 Å². The zero-order valence-corrected chi connectivity index (χ0v) is 13.8. The molecule has 21 heavy (non-hydrogen) atoms. The molecule has 0 fully saturated rings. The number of ether oxygens (including phenoxy) is 1. The summed E-state index contributed by atoms with van der Waals surface area (Å²) in [7, 11) is 2.27. The van der Waals surface area contributed by atoms with Crippen molar-refractivity contribution in [1.29, 1.82) is 0 Å². The van der Waals surface area contributed by atoms with Crippen molar-refractivity contribution in [2.45, 2.75) is 6.42 Å². The minimum absolute atomic E-state index is 0.0319. The van der Waals surface area contributed by atoms with Gasteiger partial charge in [-0.3, -0.25) is 0 Å². The average Bonchev–Trinajstić information content (AvgIpc) is 2.40. The van der Waals surface area contributed by atoms with Gasteiger partial charge in [0.1, 0.15) is 12.4 Å². The molecule has 0 aromatic heterocycles. The second-order valence-electron chi connectivity index (χ2n) is 5.21. The van der Waals surface area contributed by atoms with Crippen LogP contribution in [-0.2, 0) is 10.0 Å². The molecule has 1 aromatic carbocycles. The summed E-state index contributed by atoms with van der Waals surface area (Å²) in [6.07, 6.45) is 0.807. The smallest absolute Gasteiger partial charge is 0.217 e. The first kappa shape index (κ1) is 17.7. The Morgan fingerprint density at radius 1 is 1.10 bits per heavy atom. The molecule has 0 saturated heterocycles. The van der Waals surface area contributed by atoms with Crippen LogP contribution in [0.25, 0.3) is 0 Å². The Morgan fingerprint density at radius 3 is 2.29 bits per heavy atom. The fourth-order valence-electron chi connectivity index (χ4n) is 1.73. The lowest BCUT2D eigenvalue weighted by atomic mass is 10.3. The Hall–Kier alpha value is -1.31. The van der Waals surface area contributed by atoms with Crippen molar-refractivity contribution in [1.82, 2.24) is 9.21 Å². The van der Waals surface area contributed by atoms with Crippen LogP contribution >= 0.6 is 0 Å². The number of nitrogens with zero attached hydrogens (tertiary/aromatic N) is 2. The summed E-state index contributed by atoms with van der Waals surface area (Å²) in [4.78, 5) is 2.03. The van der Waals surface area contributed by atoms with Gasteiger partial charge < -0.3 is 15.4 Å². The highest BCUT2D eigenvalue weighted by atomic mass is 32.2. The molecule has 2 N–H and O–H groups in total. The normalized spacial score (nSPS) is 12.0. The Labute approximate surface area is 127 Å². The third-order valence-electron chi connectivity index (χ3n) is 3.04. The average molecular weight is 315 g/mol. The van der Waals surface area contributed by atoms with Crippen LogP contribution < -0.4 is 10.5 Å². The largest absolute Gasteiger partial charge is 0.492 e. The SMILES string of the molecule is CN(C)CCCN(C)S(=O)(=O)CCOc1ccc(N)cc1. The summed E-state index contributed by atoms with van der Waals surface area (Å²) >= 11 is 0. The van der Waals surface area contributed by atoms with Crippen molar-refractivity contribution in [3.8, 4) is 5.75 Å². The number of sulfonamides is 1. The highest BCUT2D eigenvalue weighted by Crippen LogP contribution is 2.13. The number of anilines is 1. The van der Waals surface area contributed by atoms with E-state index in [4.69, 9.17) is 10.5 Å². The zero-order chi connectivity index (χ0) is 15.9. The number of hydrogen-bond acceptors (Lipinski definition) is 5. The minimum Gasteiger partial charge on any atom is -0.492 e. The summed E-state index contributed by atoms with van der Waals surface area (Å²) in [6, 6.07) is 6.89. The highest BCUT2D eigenvalue weighted by Gasteiger charge is 2.17. The number of nitrogen functional groups attached to an aromatic ring is 1. The van der Waals surface area contributed by atoms with Gasteiger partial charge in [-0.2, -0.15) is 0 Å². The lowest BCUT2D eigenvalue weighted by molar-refractivity contribution is 0.334. The van der Waals surface area contributed by atoms with Crippen LogP contribution in [0.4, 0.5) is 5.69 Å². The molecule has 0 bridgehead atoms. The first-order valence-corrected chi connectivity index (χ1v) is 8.49. The van der Waals surface area contributed by atoms with Crippen molar-refractivity contribution < 1.29 is 13.2 Å². The molecule has 6 nitrogen and oxygen atoms in total. The number of hydrogen-bond donors (Lipinski definition) is 1. The Balaban J connectivity index is 2.36. The van der Waals surface area contributed by atoms with Crippen molar-refractivity contribution in [3.63, 3.8) is 0 Å². The predicted molar refractivity (Wildman–Crippen MR) is 85.9 cm³/mol. The zero-order valence-electron chi connectivity index (χ0n) is 12.9. The molecule has 0 unspecified atom stereocenters. The van der Waals surface area contributed by atoms with E-state index in [1.54, 1.807) is 31.3 Å². The molecule has 0 amide bonds. The molecular formula is C14H25N3O3S. The van der Waals surface area contributed by atoms with E-state index in [9.17, 15) is 8.42 Å². The molecular weight excluding hydrogens is 290 g/mol. The van der Waals surface area contributed by atoms with E-state index >= 15 is 0 Å². The van der Waals surface area contributed by atoms with Crippen molar-refractivity contribution in [2.24, 2.45) is 0 Å². The number of nitrogens with two attached hydrogens (primary N) is 1. The summed E-state index contributed by atoms with van der Waals surface area (Å²) < 4.78 is 30.9. The van der Waals surface area contributed by atoms with Crippen molar-refractivity contribution in [2.75, 3.05) is 52.3 Å². The molecule has 0 aliphatic carbocycles. The Kier molecular flexibility index (Phi) is 6.94. The van der Waals surface area contributed by atoms with Gasteiger partial charge in [-0.1, -0.05) is 0 Å². The number of benzene rings is 1. The van der Waals surface area contributed by atoms with Crippen LogP contribution in [0.1, 0.15) is 6.42 Å². The maximum absolute atomic E-state index is 12.1. The summed E-state index contributed by atoms with van der Waals surface area (Å²) in [5, 5.41) is 0. The van der Waals surface area contributed by atoms with E-state index in [0.29, 0.717) is 18.0 Å². The monoisotopic (exact) mass is 315 g/mol. The van der Waals surface area contributed by atoms with Gasteiger partial charge in [0.05, 0.1) is 5.75 Å². The van der Waals surface area contributed by atoms with E-state index in [0.717, 1.165) is 13.0 Å². The van der Waals surface area contributed by atoms with Gasteiger partial charge in [0.2, 0.25) is 10.0 Å². The third kappa shape index (κ3) is 6.79. The predicted octanol–water partition coefficient (Wildman–Crippen LogP) is 0.861. The van der Waals surface area contributed by atoms with Crippen LogP contribution in [0, 0.1) is 0 Å². The van der Waals surface area contributed by atoms with E-state index in [-0.39, 0.29) is 12.4 Å². The quantitative estimate of drug-likeness (QED) is 0.684. The topological polar surface area (TPSA) is 75.9 Å². The molecule has 0 heterocycles. The summed E-state index contributed by atoms with van der Waals surface area (Å²) in [6.45, 7) is 1.51. The standard InChI is InChI=1S/C14H25N3O3S/c1-16(2)9-4-10-17(3)21(18,19)12-11-20-14-7-5-13(15)6-8-14/h5-8H,4,9-12,15H2,1-3H3. The molecule has 0 radical (unpaired) electrons. The maximum Gasteiger partial charge on any atom is 0.217 e. The molecule has 0 saturated carbocycles. The second-order valence-corrected chi connectivity index (χ2v) is 7.41. The lowest BCUT2D eigenvalue weighted by Gasteiger charge is -2.18. The van der Waals surface area contributed by atoms with Crippen molar-refractivity contribution in [3.05, 3.63) is 24.3 Å². The van der Waals surface area contributed by atoms with Crippen LogP contribution in [0.5, 0.6) is 5.75 Å². The molecule has 1 aromatic rings. The van der Waals surface area contributed by atoms with Crippen LogP contribution in [0.15, 0.2) is 24.3 Å². The van der Waals surface area contributed by atoms with Gasteiger partial charge in [0.25, 0.3) is 0 Å². The Bertz CT molecular complexity index is 515. The maximum atomic E-state index is 12.1. The Morgan fingerprint density at radius 2 is 1.71 bits per heavy atom. The molecule has 1 rings (SSSR count). The number of rotatable bonds is 9. The van der Waals surface area contributed by atoms with Crippen LogP contribution in [-0.4, -0.2) is 64.2 Å². The highest BCUT2D eigenvalue weighted by molar-refractivity contribution is 7.89. The van der Waals surface area contributed by atoms with Gasteiger partial charge in [0, 0.05) is 19.3 Å². The van der Waals surface area contributed by atoms with Gasteiger partial charge >= 0.3 is 0 Å². The van der Waals surface area contributed by atoms with Gasteiger partial charge in [-0.15, -0.1) is 0 Å². The van der Waals surface area contributed by atoms with Crippen LogP contribution in [0.3, 0.4) is 0 Å². The minimum atomic E-state index is -3.27.